The van der Waals surface area contributed by atoms with Gasteiger partial charge in [-0.3, -0.25) is 14.3 Å². The molecule has 0 bridgehead atoms. The molecule has 2 N–H and O–H groups in total. The molecule has 0 saturated carbocycles. The smallest absolute Gasteiger partial charge is 0.323 e. The highest BCUT2D eigenvalue weighted by Gasteiger charge is 2.22. The Morgan fingerprint density at radius 2 is 1.74 bits per heavy atom. The Morgan fingerprint density at radius 3 is 2.22 bits per heavy atom. The number of benzene rings is 1. The van der Waals surface area contributed by atoms with Gasteiger partial charge in [0, 0.05) is 12.1 Å². The number of carboxylic acid groups (broad SMARTS) is 1. The van der Waals surface area contributed by atoms with Crippen molar-refractivity contribution in [1.82, 2.24) is 0 Å². The van der Waals surface area contributed by atoms with Gasteiger partial charge in [-0.15, -0.1) is 0 Å². The summed E-state index contributed by atoms with van der Waals surface area (Å²) in [6, 6.07) is 6.30. The van der Waals surface area contributed by atoms with Crippen LogP contribution < -0.4 is 4.72 Å². The topological polar surface area (TPSA) is 110 Å². The van der Waals surface area contributed by atoms with Crippen LogP contribution in [-0.4, -0.2) is 36.8 Å². The Kier molecular flexibility index (Phi) is 6.14. The molecule has 0 aliphatic carbocycles. The number of esters is 1. The number of carboxylic acids is 1. The third kappa shape index (κ3) is 8.20. The van der Waals surface area contributed by atoms with E-state index in [0.717, 1.165) is 5.56 Å². The lowest BCUT2D eigenvalue weighted by molar-refractivity contribution is -0.151. The average Bonchev–Trinajstić information content (AvgIpc) is 2.34. The predicted octanol–water partition coefficient (Wildman–Crippen LogP) is 1.79. The molecule has 0 amide bonds. The monoisotopic (exact) mass is 343 g/mol. The van der Waals surface area contributed by atoms with Gasteiger partial charge in [0.15, 0.2) is 5.75 Å². The van der Waals surface area contributed by atoms with Crippen molar-refractivity contribution in [2.24, 2.45) is 0 Å². The first-order chi connectivity index (χ1) is 10.5. The van der Waals surface area contributed by atoms with E-state index in [-0.39, 0.29) is 6.42 Å². The fourth-order valence-electron chi connectivity index (χ4n) is 1.73. The summed E-state index contributed by atoms with van der Waals surface area (Å²) in [7, 11) is -3.86. The summed E-state index contributed by atoms with van der Waals surface area (Å²) in [6.07, 6.45) is 0.365. The van der Waals surface area contributed by atoms with Crippen LogP contribution in [0.4, 0.5) is 5.69 Å². The number of hydrogen-bond acceptors (Lipinski definition) is 5. The van der Waals surface area contributed by atoms with Gasteiger partial charge in [-0.1, -0.05) is 12.1 Å². The zero-order valence-electron chi connectivity index (χ0n) is 13.3. The van der Waals surface area contributed by atoms with E-state index in [9.17, 15) is 18.0 Å². The third-order valence-corrected chi connectivity index (χ3v) is 3.75. The fraction of sp³-hybridized carbons (Fsp3) is 0.467. The molecule has 128 valence electrons. The molecule has 0 atom stereocenters. The van der Waals surface area contributed by atoms with Crippen molar-refractivity contribution in [3.63, 3.8) is 0 Å². The molecule has 7 nitrogen and oxygen atoms in total. The highest BCUT2D eigenvalue weighted by molar-refractivity contribution is 7.93. The molecule has 1 aromatic rings. The number of carbonyl (C=O) groups is 2. The molecule has 8 heteroatoms. The van der Waals surface area contributed by atoms with E-state index in [2.05, 4.69) is 4.72 Å². The standard InChI is InChI=1S/C15H21NO6S/c1-15(2,3)22-14(19)10-23(20,21)16-12-7-4-11(5-8-12)6-9-13(17)18/h4-5,7-8,16H,6,9-10H2,1-3H3,(H,17,18). The number of aliphatic carboxylic acids is 1. The zero-order valence-corrected chi connectivity index (χ0v) is 14.1. The third-order valence-electron chi connectivity index (χ3n) is 2.58. The highest BCUT2D eigenvalue weighted by Crippen LogP contribution is 2.14. The molecule has 0 radical (unpaired) electrons. The Bertz CT molecular complexity index is 658. The maximum atomic E-state index is 11.9. The first kappa shape index (κ1) is 19.0. The van der Waals surface area contributed by atoms with Gasteiger partial charge in [-0.25, -0.2) is 8.42 Å². The van der Waals surface area contributed by atoms with Gasteiger partial charge in [-0.05, 0) is 44.9 Å². The molecular formula is C15H21NO6S. The van der Waals surface area contributed by atoms with Gasteiger partial charge >= 0.3 is 11.9 Å². The maximum absolute atomic E-state index is 11.9. The fourth-order valence-corrected chi connectivity index (χ4v) is 2.67. The van der Waals surface area contributed by atoms with Crippen molar-refractivity contribution in [1.29, 1.82) is 0 Å². The maximum Gasteiger partial charge on any atom is 0.323 e. The van der Waals surface area contributed by atoms with Crippen LogP contribution in [0.5, 0.6) is 0 Å². The van der Waals surface area contributed by atoms with Crippen molar-refractivity contribution in [2.75, 3.05) is 10.5 Å². The molecule has 1 aromatic carbocycles. The summed E-state index contributed by atoms with van der Waals surface area (Å²) in [5, 5.41) is 8.61. The Balaban J connectivity index is 2.63. The van der Waals surface area contributed by atoms with Gasteiger partial charge in [0.05, 0.1) is 0 Å². The predicted molar refractivity (Wildman–Crippen MR) is 85.7 cm³/mol. The number of carbonyl (C=O) groups excluding carboxylic acids is 1. The van der Waals surface area contributed by atoms with Crippen molar-refractivity contribution in [2.45, 2.75) is 39.2 Å². The first-order valence-corrected chi connectivity index (χ1v) is 8.65. The summed E-state index contributed by atoms with van der Waals surface area (Å²) in [5.41, 5.74) is 0.327. The molecule has 0 spiro atoms. The molecule has 0 unspecified atom stereocenters. The van der Waals surface area contributed by atoms with E-state index >= 15 is 0 Å². The molecule has 0 aliphatic heterocycles. The lowest BCUT2D eigenvalue weighted by Crippen LogP contribution is -2.30. The van der Waals surface area contributed by atoms with E-state index in [1.165, 1.54) is 12.1 Å². The number of sulfonamides is 1. The summed E-state index contributed by atoms with van der Waals surface area (Å²) < 4.78 is 31.1. The molecule has 0 fully saturated rings. The van der Waals surface area contributed by atoms with Gasteiger partial charge in [0.2, 0.25) is 10.0 Å². The zero-order chi connectivity index (χ0) is 17.7. The van der Waals surface area contributed by atoms with E-state index in [0.29, 0.717) is 12.1 Å². The quantitative estimate of drug-likeness (QED) is 0.730. The van der Waals surface area contributed by atoms with Gasteiger partial charge in [0.1, 0.15) is 5.60 Å². The second kappa shape index (κ2) is 7.45. The van der Waals surface area contributed by atoms with Crippen LogP contribution in [0.1, 0.15) is 32.8 Å². The van der Waals surface area contributed by atoms with Crippen LogP contribution in [0.25, 0.3) is 0 Å². The Hall–Kier alpha value is -2.09. The van der Waals surface area contributed by atoms with Gasteiger partial charge in [0.25, 0.3) is 0 Å². The van der Waals surface area contributed by atoms with Crippen LogP contribution in [0, 0.1) is 0 Å². The number of rotatable bonds is 7. The minimum atomic E-state index is -3.86. The van der Waals surface area contributed by atoms with Crippen molar-refractivity contribution < 1.29 is 27.9 Å². The number of ether oxygens (including phenoxy) is 1. The molecule has 0 aromatic heterocycles. The van der Waals surface area contributed by atoms with E-state index < -0.39 is 33.3 Å². The van der Waals surface area contributed by atoms with Crippen molar-refractivity contribution in [3.8, 4) is 0 Å². The molecular weight excluding hydrogens is 322 g/mol. The van der Waals surface area contributed by atoms with E-state index in [4.69, 9.17) is 9.84 Å². The molecule has 0 saturated heterocycles. The van der Waals surface area contributed by atoms with E-state index in [1.54, 1.807) is 32.9 Å². The number of hydrogen-bond donors (Lipinski definition) is 2. The van der Waals surface area contributed by atoms with Crippen LogP contribution in [0.3, 0.4) is 0 Å². The molecule has 0 heterocycles. The molecule has 23 heavy (non-hydrogen) atoms. The second-order valence-corrected chi connectivity index (χ2v) is 7.76. The first-order valence-electron chi connectivity index (χ1n) is 7.00. The summed E-state index contributed by atoms with van der Waals surface area (Å²) in [6.45, 7) is 4.96. The van der Waals surface area contributed by atoms with E-state index in [1.807, 2.05) is 0 Å². The lowest BCUT2D eigenvalue weighted by atomic mass is 10.1. The van der Waals surface area contributed by atoms with Crippen LogP contribution in [-0.2, 0) is 30.8 Å². The van der Waals surface area contributed by atoms with Gasteiger partial charge in [-0.2, -0.15) is 0 Å². The summed E-state index contributed by atoms with van der Waals surface area (Å²) >= 11 is 0. The molecule has 0 aliphatic rings. The average molecular weight is 343 g/mol. The van der Waals surface area contributed by atoms with Crippen LogP contribution in [0.15, 0.2) is 24.3 Å². The second-order valence-electron chi connectivity index (χ2n) is 6.04. The Labute approximate surface area is 135 Å². The van der Waals surface area contributed by atoms with Crippen molar-refractivity contribution in [3.05, 3.63) is 29.8 Å². The minimum absolute atomic E-state index is 0.00369. The van der Waals surface area contributed by atoms with Crippen LogP contribution in [0.2, 0.25) is 0 Å². The molecule has 1 rings (SSSR count). The summed E-state index contributed by atoms with van der Waals surface area (Å²) in [5.74, 6) is -2.50. The highest BCUT2D eigenvalue weighted by atomic mass is 32.2. The van der Waals surface area contributed by atoms with Crippen LogP contribution >= 0.6 is 0 Å². The van der Waals surface area contributed by atoms with Crippen molar-refractivity contribution >= 4 is 27.6 Å². The number of anilines is 1. The van der Waals surface area contributed by atoms with Gasteiger partial charge < -0.3 is 9.84 Å². The normalized spacial score (nSPS) is 11.8. The Morgan fingerprint density at radius 1 is 1.17 bits per heavy atom. The number of aryl methyl sites for hydroxylation is 1. The lowest BCUT2D eigenvalue weighted by Gasteiger charge is -2.19. The largest absolute Gasteiger partial charge is 0.481 e. The summed E-state index contributed by atoms with van der Waals surface area (Å²) in [4.78, 5) is 22.1. The number of nitrogens with one attached hydrogen (secondary N) is 1. The minimum Gasteiger partial charge on any atom is -0.481 e. The SMILES string of the molecule is CC(C)(C)OC(=O)CS(=O)(=O)Nc1ccc(CCC(=O)O)cc1.